The fraction of sp³-hybridized carbons (Fsp3) is 0.480. The van der Waals surface area contributed by atoms with Gasteiger partial charge >= 0.3 is 0 Å². The number of benzene rings is 1. The van der Waals surface area contributed by atoms with Crippen LogP contribution in [0.15, 0.2) is 40.3 Å². The highest BCUT2D eigenvalue weighted by atomic mass is 32.2. The molecule has 1 aliphatic carbocycles. The average Bonchev–Trinajstić information content (AvgIpc) is 3.14. The van der Waals surface area contributed by atoms with Gasteiger partial charge in [0.25, 0.3) is 5.56 Å². The number of carbonyl (C=O) groups is 1. The summed E-state index contributed by atoms with van der Waals surface area (Å²) in [4.78, 5) is 35.5. The van der Waals surface area contributed by atoms with E-state index in [1.165, 1.54) is 28.6 Å². The molecule has 0 unspecified atom stereocenters. The second kappa shape index (κ2) is 9.40. The number of aryl methyl sites for hydroxylation is 2. The van der Waals surface area contributed by atoms with E-state index >= 15 is 0 Å². The third-order valence-corrected chi connectivity index (χ3v) is 8.12. The second-order valence-corrected chi connectivity index (χ2v) is 11.3. The van der Waals surface area contributed by atoms with Crippen LogP contribution in [0, 0.1) is 0 Å². The SMILES string of the molecule is CCn1c(SCC(=O)N(Cc2ccccc2)C(C)(C)C)nc2sc3c(c2c1=O)CCCC3. The molecule has 3 aromatic rings. The van der Waals surface area contributed by atoms with Crippen molar-refractivity contribution in [2.24, 2.45) is 0 Å². The number of hydrogen-bond donors (Lipinski definition) is 0. The lowest BCUT2D eigenvalue weighted by atomic mass is 9.97. The number of hydrogen-bond acceptors (Lipinski definition) is 5. The number of rotatable bonds is 6. The Balaban J connectivity index is 1.60. The Morgan fingerprint density at radius 3 is 2.59 bits per heavy atom. The van der Waals surface area contributed by atoms with E-state index in [9.17, 15) is 9.59 Å². The van der Waals surface area contributed by atoms with Gasteiger partial charge in [-0.25, -0.2) is 4.98 Å². The van der Waals surface area contributed by atoms with Crippen molar-refractivity contribution in [3.63, 3.8) is 0 Å². The zero-order valence-electron chi connectivity index (χ0n) is 19.3. The molecule has 0 atom stereocenters. The van der Waals surface area contributed by atoms with Crippen molar-refractivity contribution >= 4 is 39.2 Å². The molecule has 0 radical (unpaired) electrons. The summed E-state index contributed by atoms with van der Waals surface area (Å²) in [5.41, 5.74) is 2.06. The van der Waals surface area contributed by atoms with Gasteiger partial charge in [0.05, 0.1) is 11.1 Å². The van der Waals surface area contributed by atoms with Gasteiger partial charge in [0.15, 0.2) is 5.16 Å². The van der Waals surface area contributed by atoms with E-state index in [4.69, 9.17) is 4.98 Å². The van der Waals surface area contributed by atoms with Gasteiger partial charge in [0, 0.05) is 23.5 Å². The molecular weight excluding hydrogens is 438 g/mol. The molecule has 1 aliphatic rings. The van der Waals surface area contributed by atoms with Gasteiger partial charge in [0.1, 0.15) is 4.83 Å². The van der Waals surface area contributed by atoms with Crippen LogP contribution in [0.2, 0.25) is 0 Å². The number of fused-ring (bicyclic) bond motifs is 3. The predicted molar refractivity (Wildman–Crippen MR) is 134 cm³/mol. The molecule has 4 rings (SSSR count). The molecule has 170 valence electrons. The highest BCUT2D eigenvalue weighted by Crippen LogP contribution is 2.34. The summed E-state index contributed by atoms with van der Waals surface area (Å²) in [5.74, 6) is 0.307. The molecule has 0 spiro atoms. The van der Waals surface area contributed by atoms with Gasteiger partial charge in [0.2, 0.25) is 5.91 Å². The van der Waals surface area contributed by atoms with Gasteiger partial charge in [-0.05, 0) is 64.5 Å². The van der Waals surface area contributed by atoms with E-state index in [2.05, 4.69) is 20.8 Å². The topological polar surface area (TPSA) is 55.2 Å². The highest BCUT2D eigenvalue weighted by molar-refractivity contribution is 7.99. The molecule has 0 N–H and O–H groups in total. The molecule has 0 saturated heterocycles. The molecule has 5 nitrogen and oxygen atoms in total. The summed E-state index contributed by atoms with van der Waals surface area (Å²) in [6, 6.07) is 10.1. The van der Waals surface area contributed by atoms with Crippen molar-refractivity contribution in [2.45, 2.75) is 77.2 Å². The Morgan fingerprint density at radius 2 is 1.91 bits per heavy atom. The Hall–Kier alpha value is -2.12. The third-order valence-electron chi connectivity index (χ3n) is 5.98. The summed E-state index contributed by atoms with van der Waals surface area (Å²) in [7, 11) is 0. The van der Waals surface area contributed by atoms with Crippen LogP contribution in [0.3, 0.4) is 0 Å². The normalized spacial score (nSPS) is 13.9. The largest absolute Gasteiger partial charge is 0.333 e. The Bertz CT molecular complexity index is 1180. The van der Waals surface area contributed by atoms with Crippen LogP contribution in [0.25, 0.3) is 10.2 Å². The maximum atomic E-state index is 13.3. The van der Waals surface area contributed by atoms with Crippen molar-refractivity contribution in [1.82, 2.24) is 14.5 Å². The first-order valence-corrected chi connectivity index (χ1v) is 13.1. The first-order chi connectivity index (χ1) is 15.3. The van der Waals surface area contributed by atoms with Gasteiger partial charge in [-0.2, -0.15) is 0 Å². The summed E-state index contributed by atoms with van der Waals surface area (Å²) in [5, 5.41) is 1.45. The van der Waals surface area contributed by atoms with Crippen LogP contribution in [0.5, 0.6) is 0 Å². The van der Waals surface area contributed by atoms with E-state index in [0.717, 1.165) is 35.0 Å². The quantitative estimate of drug-likeness (QED) is 0.364. The number of nitrogens with zero attached hydrogens (tertiary/aromatic N) is 3. The van der Waals surface area contributed by atoms with Crippen LogP contribution in [0.1, 0.15) is 56.5 Å². The van der Waals surface area contributed by atoms with Crippen molar-refractivity contribution in [2.75, 3.05) is 5.75 Å². The standard InChI is InChI=1S/C25H31N3O2S2/c1-5-27-23(30)21-18-13-9-10-14-19(18)32-22(21)26-24(27)31-16-20(29)28(25(2,3)4)15-17-11-7-6-8-12-17/h6-8,11-12H,5,9-10,13-16H2,1-4H3. The van der Waals surface area contributed by atoms with E-state index in [-0.39, 0.29) is 22.8 Å². The van der Waals surface area contributed by atoms with Gasteiger partial charge in [-0.3, -0.25) is 14.2 Å². The highest BCUT2D eigenvalue weighted by Gasteiger charge is 2.27. The third kappa shape index (κ3) is 4.64. The smallest absolute Gasteiger partial charge is 0.263 e. The number of aromatic nitrogens is 2. The van der Waals surface area contributed by atoms with Crippen molar-refractivity contribution < 1.29 is 4.79 Å². The number of carbonyl (C=O) groups excluding carboxylic acids is 1. The average molecular weight is 470 g/mol. The Labute approximate surface area is 197 Å². The van der Waals surface area contributed by atoms with E-state index in [1.54, 1.807) is 15.9 Å². The number of thiophene rings is 1. The summed E-state index contributed by atoms with van der Waals surface area (Å²) < 4.78 is 1.74. The lowest BCUT2D eigenvalue weighted by molar-refractivity contribution is -0.133. The molecule has 2 heterocycles. The molecule has 7 heteroatoms. The van der Waals surface area contributed by atoms with E-state index < -0.39 is 0 Å². The van der Waals surface area contributed by atoms with Crippen molar-refractivity contribution in [3.8, 4) is 0 Å². The van der Waals surface area contributed by atoms with Crippen LogP contribution in [-0.2, 0) is 30.7 Å². The minimum atomic E-state index is -0.303. The molecule has 1 aromatic carbocycles. The maximum absolute atomic E-state index is 13.3. The fourth-order valence-electron chi connectivity index (χ4n) is 4.28. The molecule has 0 bridgehead atoms. The first-order valence-electron chi connectivity index (χ1n) is 11.3. The molecule has 1 amide bonds. The summed E-state index contributed by atoms with van der Waals surface area (Å²) in [6.07, 6.45) is 4.34. The summed E-state index contributed by atoms with van der Waals surface area (Å²) in [6.45, 7) is 9.25. The zero-order chi connectivity index (χ0) is 22.9. The van der Waals surface area contributed by atoms with Gasteiger partial charge in [-0.1, -0.05) is 42.1 Å². The number of amides is 1. The minimum absolute atomic E-state index is 0.0452. The van der Waals surface area contributed by atoms with E-state index in [0.29, 0.717) is 18.2 Å². The molecule has 2 aromatic heterocycles. The van der Waals surface area contributed by atoms with Gasteiger partial charge in [-0.15, -0.1) is 11.3 Å². The molecule has 32 heavy (non-hydrogen) atoms. The van der Waals surface area contributed by atoms with Crippen molar-refractivity contribution in [1.29, 1.82) is 0 Å². The van der Waals surface area contributed by atoms with Crippen LogP contribution < -0.4 is 5.56 Å². The Kier molecular flexibility index (Phi) is 6.77. The number of thioether (sulfide) groups is 1. The molecule has 0 aliphatic heterocycles. The lowest BCUT2D eigenvalue weighted by Gasteiger charge is -2.36. The van der Waals surface area contributed by atoms with Crippen LogP contribution in [-0.4, -0.2) is 31.6 Å². The maximum Gasteiger partial charge on any atom is 0.263 e. The second-order valence-electron chi connectivity index (χ2n) is 9.26. The predicted octanol–water partition coefficient (Wildman–Crippen LogP) is 5.28. The van der Waals surface area contributed by atoms with Crippen molar-refractivity contribution in [3.05, 3.63) is 56.7 Å². The van der Waals surface area contributed by atoms with Gasteiger partial charge < -0.3 is 4.90 Å². The van der Waals surface area contributed by atoms with E-state index in [1.807, 2.05) is 42.2 Å². The molecule has 0 fully saturated rings. The lowest BCUT2D eigenvalue weighted by Crippen LogP contribution is -2.46. The fourth-order valence-corrected chi connectivity index (χ4v) is 6.52. The molecular formula is C25H31N3O2S2. The first kappa shape index (κ1) is 23.1. The Morgan fingerprint density at radius 1 is 1.19 bits per heavy atom. The molecule has 0 saturated carbocycles. The summed E-state index contributed by atoms with van der Waals surface area (Å²) >= 11 is 3.04. The van der Waals surface area contributed by atoms with Crippen LogP contribution >= 0.6 is 23.1 Å². The minimum Gasteiger partial charge on any atom is -0.333 e. The monoisotopic (exact) mass is 469 g/mol. The zero-order valence-corrected chi connectivity index (χ0v) is 20.9. The van der Waals surface area contributed by atoms with Crippen LogP contribution in [0.4, 0.5) is 0 Å².